The zero-order valence-corrected chi connectivity index (χ0v) is 12.3. The number of amides is 1. The molecule has 1 fully saturated rings. The predicted molar refractivity (Wildman–Crippen MR) is 81.4 cm³/mol. The van der Waals surface area contributed by atoms with E-state index in [-0.39, 0.29) is 5.91 Å². The average Bonchev–Trinajstić information content (AvgIpc) is 2.38. The lowest BCUT2D eigenvalue weighted by Gasteiger charge is -2.30. The van der Waals surface area contributed by atoms with Gasteiger partial charge in [-0.25, -0.2) is 0 Å². The summed E-state index contributed by atoms with van der Waals surface area (Å²) in [5.74, 6) is 6.59. The van der Waals surface area contributed by atoms with Crippen molar-refractivity contribution in [3.8, 4) is 11.8 Å². The fraction of sp³-hybridized carbons (Fsp3) is 0.471. The molecule has 0 unspecified atom stereocenters. The first kappa shape index (κ1) is 14.6. The molecule has 20 heavy (non-hydrogen) atoms. The van der Waals surface area contributed by atoms with Crippen LogP contribution in [0, 0.1) is 24.7 Å². The summed E-state index contributed by atoms with van der Waals surface area (Å²) in [6, 6.07) is 5.76. The molecule has 0 aliphatic heterocycles. The summed E-state index contributed by atoms with van der Waals surface area (Å²) in [5, 5.41) is 0. The number of aryl methyl sites for hydroxylation is 1. The molecule has 1 aromatic rings. The normalized spacial score (nSPS) is 14.2. The molecule has 0 aromatic heterocycles. The lowest BCUT2D eigenvalue weighted by molar-refractivity contribution is 0.0745. The van der Waals surface area contributed by atoms with Crippen LogP contribution in [0.4, 0.5) is 0 Å². The highest BCUT2D eigenvalue weighted by atomic mass is 16.2. The maximum absolute atomic E-state index is 12.5. The van der Waals surface area contributed by atoms with Gasteiger partial charge in [-0.05, 0) is 49.4 Å². The molecular formula is C17H22N2O. The van der Waals surface area contributed by atoms with Crippen molar-refractivity contribution in [3.05, 3.63) is 34.9 Å². The Morgan fingerprint density at radius 2 is 2.15 bits per heavy atom. The highest BCUT2D eigenvalue weighted by Gasteiger charge is 2.22. The Balaban J connectivity index is 2.13. The number of nitrogens with two attached hydrogens (primary N) is 1. The van der Waals surface area contributed by atoms with Gasteiger partial charge in [-0.15, -0.1) is 0 Å². The van der Waals surface area contributed by atoms with E-state index in [1.54, 1.807) is 0 Å². The van der Waals surface area contributed by atoms with Crippen LogP contribution in [0.5, 0.6) is 0 Å². The Bertz CT molecular complexity index is 550. The van der Waals surface area contributed by atoms with Crippen molar-refractivity contribution in [1.29, 1.82) is 0 Å². The van der Waals surface area contributed by atoms with E-state index in [1.807, 2.05) is 37.1 Å². The predicted octanol–water partition coefficient (Wildman–Crippen LogP) is 2.18. The van der Waals surface area contributed by atoms with E-state index >= 15 is 0 Å². The second-order valence-corrected chi connectivity index (χ2v) is 5.58. The largest absolute Gasteiger partial charge is 0.341 e. The summed E-state index contributed by atoms with van der Waals surface area (Å²) in [5.41, 5.74) is 8.01. The number of rotatable bonds is 3. The Labute approximate surface area is 121 Å². The van der Waals surface area contributed by atoms with Gasteiger partial charge in [0.15, 0.2) is 0 Å². The SMILES string of the molecule is Cc1cc(C#CCN)cc(C(=O)N(C)CC2CCC2)c1. The molecule has 2 rings (SSSR count). The van der Waals surface area contributed by atoms with Gasteiger partial charge in [-0.2, -0.15) is 0 Å². The number of nitrogens with zero attached hydrogens (tertiary/aromatic N) is 1. The lowest BCUT2D eigenvalue weighted by atomic mass is 9.85. The van der Waals surface area contributed by atoms with Gasteiger partial charge in [-0.3, -0.25) is 4.79 Å². The molecular weight excluding hydrogens is 248 g/mol. The van der Waals surface area contributed by atoms with E-state index in [1.165, 1.54) is 19.3 Å². The zero-order chi connectivity index (χ0) is 14.5. The Morgan fingerprint density at radius 1 is 1.40 bits per heavy atom. The third kappa shape index (κ3) is 3.61. The van der Waals surface area contributed by atoms with E-state index in [2.05, 4.69) is 11.8 Å². The summed E-state index contributed by atoms with van der Waals surface area (Å²) < 4.78 is 0. The molecule has 3 nitrogen and oxygen atoms in total. The minimum atomic E-state index is 0.0800. The van der Waals surface area contributed by atoms with Crippen molar-refractivity contribution in [1.82, 2.24) is 4.90 Å². The third-order valence-electron chi connectivity index (χ3n) is 3.76. The standard InChI is InChI=1S/C17H22N2O/c1-13-9-15(7-4-8-18)11-16(10-13)17(20)19(2)12-14-5-3-6-14/h9-11,14H,3,5-6,8,12,18H2,1-2H3. The van der Waals surface area contributed by atoms with E-state index in [9.17, 15) is 4.79 Å². The maximum atomic E-state index is 12.5. The number of hydrogen-bond acceptors (Lipinski definition) is 2. The smallest absolute Gasteiger partial charge is 0.253 e. The summed E-state index contributed by atoms with van der Waals surface area (Å²) >= 11 is 0. The van der Waals surface area contributed by atoms with Gasteiger partial charge in [0.2, 0.25) is 0 Å². The second kappa shape index (κ2) is 6.58. The van der Waals surface area contributed by atoms with Gasteiger partial charge in [0, 0.05) is 24.7 Å². The number of hydrogen-bond donors (Lipinski definition) is 1. The van der Waals surface area contributed by atoms with Gasteiger partial charge < -0.3 is 10.6 Å². The quantitative estimate of drug-likeness (QED) is 0.856. The van der Waals surface area contributed by atoms with Gasteiger partial charge in [0.1, 0.15) is 0 Å². The number of carbonyl (C=O) groups excluding carboxylic acids is 1. The summed E-state index contributed by atoms with van der Waals surface area (Å²) in [4.78, 5) is 14.3. The van der Waals surface area contributed by atoms with Crippen LogP contribution in [-0.4, -0.2) is 30.9 Å². The molecule has 1 amide bonds. The van der Waals surface area contributed by atoms with Crippen LogP contribution in [0.25, 0.3) is 0 Å². The molecule has 0 spiro atoms. The van der Waals surface area contributed by atoms with Gasteiger partial charge in [0.05, 0.1) is 6.54 Å². The monoisotopic (exact) mass is 270 g/mol. The molecule has 0 saturated heterocycles. The van der Waals surface area contributed by atoms with Crippen LogP contribution >= 0.6 is 0 Å². The van der Waals surface area contributed by atoms with Crippen molar-refractivity contribution in [3.63, 3.8) is 0 Å². The maximum Gasteiger partial charge on any atom is 0.253 e. The first-order chi connectivity index (χ1) is 9.60. The molecule has 0 atom stereocenters. The van der Waals surface area contributed by atoms with Gasteiger partial charge in [0.25, 0.3) is 5.91 Å². The van der Waals surface area contributed by atoms with Crippen molar-refractivity contribution >= 4 is 5.91 Å². The average molecular weight is 270 g/mol. The molecule has 1 aromatic carbocycles. The fourth-order valence-corrected chi connectivity index (χ4v) is 2.50. The summed E-state index contributed by atoms with van der Waals surface area (Å²) in [6.07, 6.45) is 3.80. The first-order valence-corrected chi connectivity index (χ1v) is 7.16. The Hall–Kier alpha value is -1.79. The number of carbonyl (C=O) groups is 1. The third-order valence-corrected chi connectivity index (χ3v) is 3.76. The minimum Gasteiger partial charge on any atom is -0.341 e. The first-order valence-electron chi connectivity index (χ1n) is 7.16. The Kier molecular flexibility index (Phi) is 4.81. The van der Waals surface area contributed by atoms with Gasteiger partial charge >= 0.3 is 0 Å². The fourth-order valence-electron chi connectivity index (χ4n) is 2.50. The van der Waals surface area contributed by atoms with Crippen molar-refractivity contribution in [2.75, 3.05) is 20.1 Å². The van der Waals surface area contributed by atoms with Crippen molar-refractivity contribution < 1.29 is 4.79 Å². The van der Waals surface area contributed by atoms with Crippen LogP contribution in [0.1, 0.15) is 40.7 Å². The molecule has 0 bridgehead atoms. The highest BCUT2D eigenvalue weighted by molar-refractivity contribution is 5.94. The highest BCUT2D eigenvalue weighted by Crippen LogP contribution is 2.27. The molecule has 1 aliphatic rings. The van der Waals surface area contributed by atoms with E-state index < -0.39 is 0 Å². The molecule has 0 radical (unpaired) electrons. The van der Waals surface area contributed by atoms with Crippen molar-refractivity contribution in [2.24, 2.45) is 11.7 Å². The van der Waals surface area contributed by atoms with E-state index in [0.717, 1.165) is 17.7 Å². The molecule has 1 aliphatic carbocycles. The lowest BCUT2D eigenvalue weighted by Crippen LogP contribution is -2.34. The molecule has 2 N–H and O–H groups in total. The second-order valence-electron chi connectivity index (χ2n) is 5.58. The molecule has 1 saturated carbocycles. The van der Waals surface area contributed by atoms with Crippen LogP contribution in [-0.2, 0) is 0 Å². The van der Waals surface area contributed by atoms with E-state index in [4.69, 9.17) is 5.73 Å². The van der Waals surface area contributed by atoms with Crippen molar-refractivity contribution in [2.45, 2.75) is 26.2 Å². The van der Waals surface area contributed by atoms with Crippen LogP contribution in [0.15, 0.2) is 18.2 Å². The summed E-state index contributed by atoms with van der Waals surface area (Å²) in [7, 11) is 1.88. The topological polar surface area (TPSA) is 46.3 Å². The number of benzene rings is 1. The van der Waals surface area contributed by atoms with Crippen LogP contribution in [0.3, 0.4) is 0 Å². The Morgan fingerprint density at radius 3 is 2.75 bits per heavy atom. The zero-order valence-electron chi connectivity index (χ0n) is 12.3. The minimum absolute atomic E-state index is 0.0800. The summed E-state index contributed by atoms with van der Waals surface area (Å²) in [6.45, 7) is 3.17. The van der Waals surface area contributed by atoms with Crippen LogP contribution < -0.4 is 5.73 Å². The molecule has 3 heteroatoms. The molecule has 0 heterocycles. The van der Waals surface area contributed by atoms with E-state index in [0.29, 0.717) is 18.0 Å². The molecule has 106 valence electrons. The van der Waals surface area contributed by atoms with Crippen LogP contribution in [0.2, 0.25) is 0 Å². The van der Waals surface area contributed by atoms with Gasteiger partial charge in [-0.1, -0.05) is 18.3 Å².